The third-order valence-corrected chi connectivity index (χ3v) is 2.04. The zero-order chi connectivity index (χ0) is 10.0. The highest BCUT2D eigenvalue weighted by molar-refractivity contribution is 5.86. The number of hydrazine groups is 1. The average molecular weight is 187 g/mol. The molecule has 0 radical (unpaired) electrons. The van der Waals surface area contributed by atoms with Crippen molar-refractivity contribution in [3.63, 3.8) is 0 Å². The van der Waals surface area contributed by atoms with E-state index < -0.39 is 12.0 Å². The van der Waals surface area contributed by atoms with Gasteiger partial charge in [0, 0.05) is 6.54 Å². The SMILES string of the molecule is CC(C(=O)O)N1CCN(N)/C1=N\N. The molecule has 5 N–H and O–H groups in total. The molecule has 1 atom stereocenters. The van der Waals surface area contributed by atoms with E-state index in [1.165, 1.54) is 5.01 Å². The second kappa shape index (κ2) is 3.48. The summed E-state index contributed by atoms with van der Waals surface area (Å²) in [5.41, 5.74) is 0. The minimum Gasteiger partial charge on any atom is -0.480 e. The fourth-order valence-corrected chi connectivity index (χ4v) is 1.23. The van der Waals surface area contributed by atoms with Crippen LogP contribution in [0.5, 0.6) is 0 Å². The van der Waals surface area contributed by atoms with Gasteiger partial charge in [0.25, 0.3) is 0 Å². The highest BCUT2D eigenvalue weighted by atomic mass is 16.4. The van der Waals surface area contributed by atoms with E-state index >= 15 is 0 Å². The summed E-state index contributed by atoms with van der Waals surface area (Å²) in [5.74, 6) is 9.98. The molecular formula is C6H13N5O2. The van der Waals surface area contributed by atoms with Crippen LogP contribution < -0.4 is 11.7 Å². The first-order valence-electron chi connectivity index (χ1n) is 3.87. The van der Waals surface area contributed by atoms with Crippen LogP contribution in [0.1, 0.15) is 6.92 Å². The molecule has 1 rings (SSSR count). The van der Waals surface area contributed by atoms with Crippen LogP contribution in [0.2, 0.25) is 0 Å². The summed E-state index contributed by atoms with van der Waals surface area (Å²) in [5, 5.41) is 13.5. The number of hydrazone groups is 1. The summed E-state index contributed by atoms with van der Waals surface area (Å²) in [6, 6.07) is -0.657. The summed E-state index contributed by atoms with van der Waals surface area (Å²) < 4.78 is 0. The number of guanidine groups is 1. The van der Waals surface area contributed by atoms with Crippen LogP contribution >= 0.6 is 0 Å². The molecule has 1 fully saturated rings. The van der Waals surface area contributed by atoms with Crippen molar-refractivity contribution in [1.29, 1.82) is 0 Å². The minimum atomic E-state index is -0.920. The molecule has 1 unspecified atom stereocenters. The van der Waals surface area contributed by atoms with Gasteiger partial charge in [-0.2, -0.15) is 0 Å². The zero-order valence-electron chi connectivity index (χ0n) is 7.34. The first-order valence-corrected chi connectivity index (χ1v) is 3.87. The van der Waals surface area contributed by atoms with Gasteiger partial charge in [-0.1, -0.05) is 0 Å². The molecule has 7 nitrogen and oxygen atoms in total. The molecule has 1 aliphatic heterocycles. The molecule has 13 heavy (non-hydrogen) atoms. The van der Waals surface area contributed by atoms with Crippen molar-refractivity contribution >= 4 is 11.9 Å². The smallest absolute Gasteiger partial charge is 0.326 e. The van der Waals surface area contributed by atoms with Gasteiger partial charge in [0.2, 0.25) is 5.96 Å². The predicted molar refractivity (Wildman–Crippen MR) is 46.3 cm³/mol. The quantitative estimate of drug-likeness (QED) is 0.347. The maximum absolute atomic E-state index is 10.7. The van der Waals surface area contributed by atoms with Crippen LogP contribution in [0.4, 0.5) is 0 Å². The molecule has 0 saturated carbocycles. The number of hydrogen-bond acceptors (Lipinski definition) is 4. The lowest BCUT2D eigenvalue weighted by Gasteiger charge is -2.22. The molecule has 1 aliphatic rings. The zero-order valence-corrected chi connectivity index (χ0v) is 7.34. The summed E-state index contributed by atoms with van der Waals surface area (Å²) in [6.45, 7) is 2.63. The standard InChI is InChI=1S/C6H13N5O2/c1-4(5(12)13)10-2-3-11(8)6(10)9-7/h4H,2-3,7-8H2,1H3,(H,12,13)/b9-6-. The van der Waals surface area contributed by atoms with E-state index in [4.69, 9.17) is 16.8 Å². The number of carbonyl (C=O) groups is 1. The van der Waals surface area contributed by atoms with Crippen molar-refractivity contribution in [1.82, 2.24) is 9.91 Å². The molecular weight excluding hydrogens is 174 g/mol. The Hall–Kier alpha value is -1.50. The third kappa shape index (κ3) is 1.64. The van der Waals surface area contributed by atoms with Gasteiger partial charge in [-0.25, -0.2) is 10.6 Å². The summed E-state index contributed by atoms with van der Waals surface area (Å²) >= 11 is 0. The summed E-state index contributed by atoms with van der Waals surface area (Å²) in [7, 11) is 0. The monoisotopic (exact) mass is 187 g/mol. The molecule has 74 valence electrons. The van der Waals surface area contributed by atoms with Crippen LogP contribution in [0, 0.1) is 0 Å². The van der Waals surface area contributed by atoms with Gasteiger partial charge in [-0.3, -0.25) is 5.01 Å². The van der Waals surface area contributed by atoms with Crippen molar-refractivity contribution in [3.05, 3.63) is 0 Å². The first kappa shape index (κ1) is 9.59. The maximum Gasteiger partial charge on any atom is 0.326 e. The van der Waals surface area contributed by atoms with Crippen LogP contribution in [0.15, 0.2) is 5.10 Å². The van der Waals surface area contributed by atoms with Crippen LogP contribution in [-0.2, 0) is 4.79 Å². The van der Waals surface area contributed by atoms with Crippen molar-refractivity contribution in [3.8, 4) is 0 Å². The lowest BCUT2D eigenvalue weighted by Crippen LogP contribution is -2.45. The van der Waals surface area contributed by atoms with E-state index in [1.807, 2.05) is 0 Å². The van der Waals surface area contributed by atoms with E-state index in [1.54, 1.807) is 11.8 Å². The Bertz CT molecular complexity index is 241. The number of nitrogens with zero attached hydrogens (tertiary/aromatic N) is 3. The largest absolute Gasteiger partial charge is 0.480 e. The van der Waals surface area contributed by atoms with Gasteiger partial charge in [0.15, 0.2) is 0 Å². The number of aliphatic carboxylic acids is 1. The van der Waals surface area contributed by atoms with Gasteiger partial charge in [0.1, 0.15) is 6.04 Å². The second-order valence-electron chi connectivity index (χ2n) is 2.83. The number of carboxylic acid groups (broad SMARTS) is 1. The number of rotatable bonds is 2. The van der Waals surface area contributed by atoms with Crippen molar-refractivity contribution < 1.29 is 9.90 Å². The Kier molecular flexibility index (Phi) is 2.57. The van der Waals surface area contributed by atoms with Gasteiger partial charge in [0.05, 0.1) is 6.54 Å². The number of hydrogen-bond donors (Lipinski definition) is 3. The van der Waals surface area contributed by atoms with Crippen LogP contribution in [0.3, 0.4) is 0 Å². The highest BCUT2D eigenvalue weighted by Gasteiger charge is 2.31. The molecule has 0 spiro atoms. The van der Waals surface area contributed by atoms with Crippen LogP contribution in [-0.4, -0.2) is 46.1 Å². The van der Waals surface area contributed by atoms with Crippen molar-refractivity contribution in [2.45, 2.75) is 13.0 Å². The van der Waals surface area contributed by atoms with Crippen molar-refractivity contribution in [2.75, 3.05) is 13.1 Å². The summed E-state index contributed by atoms with van der Waals surface area (Å²) in [4.78, 5) is 12.2. The normalized spacial score (nSPS) is 22.5. The Morgan fingerprint density at radius 3 is 2.77 bits per heavy atom. The van der Waals surface area contributed by atoms with Crippen LogP contribution in [0.25, 0.3) is 0 Å². The lowest BCUT2D eigenvalue weighted by atomic mass is 10.3. The molecule has 1 saturated heterocycles. The third-order valence-electron chi connectivity index (χ3n) is 2.04. The van der Waals surface area contributed by atoms with Gasteiger partial charge in [-0.15, -0.1) is 5.10 Å². The molecule has 1 heterocycles. The maximum atomic E-state index is 10.7. The number of nitrogens with two attached hydrogens (primary N) is 2. The Balaban J connectivity index is 2.77. The van der Waals surface area contributed by atoms with Gasteiger partial charge < -0.3 is 15.8 Å². The fraction of sp³-hybridized carbons (Fsp3) is 0.667. The molecule has 0 aliphatic carbocycles. The number of carboxylic acids is 1. The Labute approximate surface area is 75.5 Å². The van der Waals surface area contributed by atoms with Crippen molar-refractivity contribution in [2.24, 2.45) is 16.8 Å². The molecule has 0 aromatic heterocycles. The molecule has 0 bridgehead atoms. The fourth-order valence-electron chi connectivity index (χ4n) is 1.23. The summed E-state index contributed by atoms with van der Waals surface area (Å²) in [6.07, 6.45) is 0. The van der Waals surface area contributed by atoms with E-state index in [-0.39, 0.29) is 0 Å². The van der Waals surface area contributed by atoms with E-state index in [0.717, 1.165) is 0 Å². The lowest BCUT2D eigenvalue weighted by molar-refractivity contribution is -0.141. The molecule has 0 amide bonds. The topological polar surface area (TPSA) is 108 Å². The van der Waals surface area contributed by atoms with Gasteiger partial charge in [-0.05, 0) is 6.92 Å². The van der Waals surface area contributed by atoms with E-state index in [2.05, 4.69) is 5.10 Å². The van der Waals surface area contributed by atoms with Gasteiger partial charge >= 0.3 is 5.97 Å². The predicted octanol–water partition coefficient (Wildman–Crippen LogP) is -1.82. The minimum absolute atomic E-state index is 0.315. The Morgan fingerprint density at radius 1 is 1.69 bits per heavy atom. The molecule has 0 aromatic carbocycles. The molecule has 7 heteroatoms. The average Bonchev–Trinajstić information content (AvgIpc) is 2.45. The second-order valence-corrected chi connectivity index (χ2v) is 2.83. The first-order chi connectivity index (χ1) is 6.07. The van der Waals surface area contributed by atoms with E-state index in [9.17, 15) is 4.79 Å². The molecule has 0 aromatic rings. The highest BCUT2D eigenvalue weighted by Crippen LogP contribution is 2.08. The van der Waals surface area contributed by atoms with E-state index in [0.29, 0.717) is 19.0 Å². The Morgan fingerprint density at radius 2 is 2.31 bits per heavy atom.